The molecule has 0 nitrogen and oxygen atoms in total. The van der Waals surface area contributed by atoms with E-state index >= 15 is 0 Å². The third kappa shape index (κ3) is 0.375. The summed E-state index contributed by atoms with van der Waals surface area (Å²) in [6.45, 7) is 0. The first-order valence-electron chi connectivity index (χ1n) is 1.48. The summed E-state index contributed by atoms with van der Waals surface area (Å²) >= 11 is 0.211. The third-order valence-corrected chi connectivity index (χ3v) is 4.53. The van der Waals surface area contributed by atoms with E-state index in [4.69, 9.17) is 0 Å². The van der Waals surface area contributed by atoms with Crippen molar-refractivity contribution in [3.63, 3.8) is 0 Å². The van der Waals surface area contributed by atoms with Crippen LogP contribution in [0, 0.1) is 0 Å². The van der Waals surface area contributed by atoms with Crippen LogP contribution in [0.3, 0.4) is 0 Å². The summed E-state index contributed by atoms with van der Waals surface area (Å²) in [6, 6.07) is 0. The fourth-order valence-corrected chi connectivity index (χ4v) is 1.13. The molecule has 0 saturated heterocycles. The summed E-state index contributed by atoms with van der Waals surface area (Å²) in [7, 11) is 0. The van der Waals surface area contributed by atoms with E-state index in [1.807, 2.05) is 0 Å². The zero-order valence-corrected chi connectivity index (χ0v) is 5.92. The van der Waals surface area contributed by atoms with E-state index in [1.165, 1.54) is 6.42 Å². The SMILES string of the molecule is [CH]1=[Bi][CH2]C1. The average molecular weight is 250 g/mol. The fourth-order valence-electron chi connectivity index (χ4n) is 0.129. The molecule has 4 heavy (non-hydrogen) atoms. The minimum absolute atomic E-state index is 0.211. The Labute approximate surface area is 37.3 Å². The van der Waals surface area contributed by atoms with Crippen LogP contribution in [0.5, 0.6) is 0 Å². The standard InChI is InChI=1S/C3H5.Bi/c1-3-2;/h1H,2-3H2;. The van der Waals surface area contributed by atoms with Crippen molar-refractivity contribution >= 4 is 26.5 Å². The second-order valence-corrected chi connectivity index (χ2v) is 5.45. The molecule has 0 amide bonds. The maximum atomic E-state index is 2.49. The van der Waals surface area contributed by atoms with Crippen molar-refractivity contribution in [2.45, 2.75) is 10.5 Å². The first-order valence-corrected chi connectivity index (χ1v) is 5.95. The van der Waals surface area contributed by atoms with Gasteiger partial charge in [-0.05, 0) is 0 Å². The summed E-state index contributed by atoms with van der Waals surface area (Å²) < 4.78 is 4.11. The van der Waals surface area contributed by atoms with Crippen molar-refractivity contribution in [3.8, 4) is 0 Å². The number of rotatable bonds is 0. The Morgan fingerprint density at radius 1 is 1.75 bits per heavy atom. The monoisotopic (exact) mass is 250 g/mol. The van der Waals surface area contributed by atoms with Crippen LogP contribution in [0.4, 0.5) is 0 Å². The van der Waals surface area contributed by atoms with Gasteiger partial charge in [0.25, 0.3) is 0 Å². The molecular formula is C3H5Bi. The van der Waals surface area contributed by atoms with Gasteiger partial charge >= 0.3 is 37.0 Å². The van der Waals surface area contributed by atoms with Crippen molar-refractivity contribution < 1.29 is 0 Å². The molecule has 0 fully saturated rings. The molecule has 1 heterocycles. The number of hydrogen-bond donors (Lipinski definition) is 0. The molecule has 0 aromatic carbocycles. The van der Waals surface area contributed by atoms with Crippen LogP contribution in [-0.2, 0) is 0 Å². The van der Waals surface area contributed by atoms with Gasteiger partial charge in [0.15, 0.2) is 0 Å². The van der Waals surface area contributed by atoms with Gasteiger partial charge < -0.3 is 0 Å². The molecule has 1 aliphatic rings. The van der Waals surface area contributed by atoms with Gasteiger partial charge in [-0.1, -0.05) is 0 Å². The second kappa shape index (κ2) is 1.26. The third-order valence-electron chi connectivity index (χ3n) is 0.516. The van der Waals surface area contributed by atoms with Gasteiger partial charge in [-0.15, -0.1) is 0 Å². The van der Waals surface area contributed by atoms with Crippen LogP contribution in [0.2, 0.25) is 4.13 Å². The molecular weight excluding hydrogens is 245 g/mol. The Morgan fingerprint density at radius 3 is 2.00 bits per heavy atom. The van der Waals surface area contributed by atoms with Gasteiger partial charge in [0.2, 0.25) is 0 Å². The van der Waals surface area contributed by atoms with E-state index in [9.17, 15) is 0 Å². The fraction of sp³-hybridized carbons (Fsp3) is 0.667. The van der Waals surface area contributed by atoms with Crippen molar-refractivity contribution in [2.75, 3.05) is 0 Å². The summed E-state index contributed by atoms with van der Waals surface area (Å²) in [5.41, 5.74) is 0. The van der Waals surface area contributed by atoms with Crippen molar-refractivity contribution in [1.29, 1.82) is 0 Å². The zero-order valence-electron chi connectivity index (χ0n) is 2.44. The Morgan fingerprint density at radius 2 is 2.00 bits per heavy atom. The van der Waals surface area contributed by atoms with Gasteiger partial charge in [-0.25, -0.2) is 0 Å². The maximum absolute atomic E-state index is 2.49. The van der Waals surface area contributed by atoms with Crippen LogP contribution in [0.15, 0.2) is 0 Å². The molecule has 0 aromatic heterocycles. The Balaban J connectivity index is 2.47. The average Bonchev–Trinajstić information content (AvgIpc) is 0.722. The summed E-state index contributed by atoms with van der Waals surface area (Å²) in [4.78, 5) is 0. The molecule has 1 rings (SSSR count). The first kappa shape index (κ1) is 2.96. The molecule has 0 atom stereocenters. The normalized spacial score (nSPS) is 20.0. The van der Waals surface area contributed by atoms with Crippen LogP contribution in [0.1, 0.15) is 6.42 Å². The Kier molecular flexibility index (Phi) is 0.933. The summed E-state index contributed by atoms with van der Waals surface area (Å²) in [5.74, 6) is 0. The molecule has 1 heteroatoms. The quantitative estimate of drug-likeness (QED) is 0.543. The van der Waals surface area contributed by atoms with Gasteiger partial charge in [-0.3, -0.25) is 0 Å². The van der Waals surface area contributed by atoms with E-state index in [2.05, 4.69) is 3.71 Å². The molecule has 0 N–H and O–H groups in total. The van der Waals surface area contributed by atoms with E-state index in [1.54, 1.807) is 4.13 Å². The molecule has 0 aromatic rings. The van der Waals surface area contributed by atoms with Gasteiger partial charge in [0.05, 0.1) is 0 Å². The van der Waals surface area contributed by atoms with Crippen LogP contribution in [-0.4, -0.2) is 26.5 Å². The molecule has 0 bridgehead atoms. The van der Waals surface area contributed by atoms with Gasteiger partial charge in [0, 0.05) is 0 Å². The van der Waals surface area contributed by atoms with Gasteiger partial charge in [0.1, 0.15) is 0 Å². The van der Waals surface area contributed by atoms with Crippen molar-refractivity contribution in [3.05, 3.63) is 0 Å². The predicted molar refractivity (Wildman–Crippen MR) is 21.2 cm³/mol. The minimum atomic E-state index is 0.211. The molecule has 0 aliphatic carbocycles. The van der Waals surface area contributed by atoms with Crippen LogP contribution < -0.4 is 0 Å². The van der Waals surface area contributed by atoms with E-state index in [0.29, 0.717) is 0 Å². The number of hydrogen-bond acceptors (Lipinski definition) is 0. The topological polar surface area (TPSA) is 0 Å². The zero-order chi connectivity index (χ0) is 2.83. The van der Waals surface area contributed by atoms with Crippen molar-refractivity contribution in [2.24, 2.45) is 0 Å². The van der Waals surface area contributed by atoms with E-state index in [0.717, 1.165) is 0 Å². The summed E-state index contributed by atoms with van der Waals surface area (Å²) in [6.07, 6.45) is 1.46. The van der Waals surface area contributed by atoms with Crippen LogP contribution in [0.25, 0.3) is 0 Å². The molecule has 0 spiro atoms. The van der Waals surface area contributed by atoms with Gasteiger partial charge in [-0.2, -0.15) is 0 Å². The molecule has 0 unspecified atom stereocenters. The van der Waals surface area contributed by atoms with Crippen molar-refractivity contribution in [1.82, 2.24) is 0 Å². The predicted octanol–water partition coefficient (Wildman–Crippen LogP) is 0.315. The first-order chi connectivity index (χ1) is 2.00. The molecule has 22 valence electrons. The Bertz CT molecular complexity index is 32.5. The van der Waals surface area contributed by atoms with E-state index < -0.39 is 0 Å². The molecule has 0 radical (unpaired) electrons. The summed E-state index contributed by atoms with van der Waals surface area (Å²) in [5, 5.41) is 0. The Hall–Kier alpha value is 0.753. The van der Waals surface area contributed by atoms with Crippen LogP contribution >= 0.6 is 0 Å². The molecule has 1 aliphatic heterocycles. The second-order valence-electron chi connectivity index (χ2n) is 0.877. The van der Waals surface area contributed by atoms with E-state index in [-0.39, 0.29) is 22.8 Å². The molecule has 0 saturated carbocycles.